The second kappa shape index (κ2) is 8.10. The average Bonchev–Trinajstić information content (AvgIpc) is 2.52. The highest BCUT2D eigenvalue weighted by Gasteiger charge is 2.04. The quantitative estimate of drug-likeness (QED) is 0.670. The van der Waals surface area contributed by atoms with Crippen LogP contribution in [-0.4, -0.2) is 23.2 Å². The molecule has 0 fully saturated rings. The van der Waals surface area contributed by atoms with Gasteiger partial charge in [-0.1, -0.05) is 30.0 Å². The number of rotatable bonds is 4. The van der Waals surface area contributed by atoms with Gasteiger partial charge in [-0.3, -0.25) is 4.79 Å². The van der Waals surface area contributed by atoms with Crippen molar-refractivity contribution in [1.29, 1.82) is 0 Å². The first kappa shape index (κ1) is 15.1. The van der Waals surface area contributed by atoms with Crippen LogP contribution in [0.4, 0.5) is 5.82 Å². The average molecular weight is 297 g/mol. The van der Waals surface area contributed by atoms with E-state index >= 15 is 0 Å². The molecule has 0 saturated heterocycles. The second-order valence-electron chi connectivity index (χ2n) is 4.09. The first-order chi connectivity index (χ1) is 10.3. The molecule has 1 amide bonds. The Morgan fingerprint density at radius 2 is 2.10 bits per heavy atom. The summed E-state index contributed by atoms with van der Waals surface area (Å²) in [7, 11) is 0. The van der Waals surface area contributed by atoms with E-state index in [4.69, 9.17) is 5.73 Å². The van der Waals surface area contributed by atoms with Gasteiger partial charge in [0.1, 0.15) is 5.82 Å². The van der Waals surface area contributed by atoms with Gasteiger partial charge in [0.05, 0.1) is 12.3 Å². The van der Waals surface area contributed by atoms with Gasteiger partial charge < -0.3 is 11.1 Å². The number of nitrogens with zero attached hydrogens (tertiary/aromatic N) is 1. The van der Waals surface area contributed by atoms with Crippen molar-refractivity contribution >= 4 is 23.5 Å². The summed E-state index contributed by atoms with van der Waals surface area (Å²) in [5.41, 5.74) is 6.11. The molecular formula is C16H15N3OS. The summed E-state index contributed by atoms with van der Waals surface area (Å²) in [6.45, 7) is 0.303. The summed E-state index contributed by atoms with van der Waals surface area (Å²) in [5, 5.41) is 2.76. The molecule has 4 nitrogen and oxygen atoms in total. The maximum atomic E-state index is 11.9. The minimum absolute atomic E-state index is 0.0970. The van der Waals surface area contributed by atoms with E-state index in [1.165, 1.54) is 11.8 Å². The lowest BCUT2D eigenvalue weighted by atomic mass is 10.2. The van der Waals surface area contributed by atoms with E-state index in [-0.39, 0.29) is 5.91 Å². The van der Waals surface area contributed by atoms with Crippen molar-refractivity contribution in [2.24, 2.45) is 5.73 Å². The summed E-state index contributed by atoms with van der Waals surface area (Å²) in [6.07, 6.45) is 1.61. The van der Waals surface area contributed by atoms with Gasteiger partial charge >= 0.3 is 0 Å². The van der Waals surface area contributed by atoms with Crippen molar-refractivity contribution in [3.05, 3.63) is 54.2 Å². The maximum absolute atomic E-state index is 11.9. The van der Waals surface area contributed by atoms with Crippen LogP contribution in [0.3, 0.4) is 0 Å². The van der Waals surface area contributed by atoms with Gasteiger partial charge in [-0.15, -0.1) is 11.8 Å². The molecule has 21 heavy (non-hydrogen) atoms. The third-order valence-corrected chi connectivity index (χ3v) is 3.49. The molecule has 0 saturated carbocycles. The van der Waals surface area contributed by atoms with E-state index < -0.39 is 0 Å². The number of anilines is 1. The fourth-order valence-electron chi connectivity index (χ4n) is 1.57. The largest absolute Gasteiger partial charge is 0.320 e. The van der Waals surface area contributed by atoms with Crippen molar-refractivity contribution in [3.63, 3.8) is 0 Å². The van der Waals surface area contributed by atoms with Gasteiger partial charge in [0.2, 0.25) is 5.91 Å². The van der Waals surface area contributed by atoms with Crippen LogP contribution in [0.15, 0.2) is 53.6 Å². The van der Waals surface area contributed by atoms with E-state index in [2.05, 4.69) is 22.1 Å². The molecule has 0 bridgehead atoms. The number of hydrogen-bond acceptors (Lipinski definition) is 4. The number of benzene rings is 1. The van der Waals surface area contributed by atoms with Crippen molar-refractivity contribution in [2.45, 2.75) is 4.90 Å². The summed E-state index contributed by atoms with van der Waals surface area (Å²) < 4.78 is 0. The minimum Gasteiger partial charge on any atom is -0.320 e. The Labute approximate surface area is 128 Å². The lowest BCUT2D eigenvalue weighted by molar-refractivity contribution is -0.113. The third-order valence-electron chi connectivity index (χ3n) is 2.48. The highest BCUT2D eigenvalue weighted by Crippen LogP contribution is 2.17. The molecule has 0 radical (unpaired) electrons. The fourth-order valence-corrected chi connectivity index (χ4v) is 2.29. The van der Waals surface area contributed by atoms with Crippen molar-refractivity contribution in [3.8, 4) is 11.8 Å². The number of pyridine rings is 1. The highest BCUT2D eigenvalue weighted by atomic mass is 32.2. The molecule has 0 atom stereocenters. The van der Waals surface area contributed by atoms with Crippen LogP contribution in [-0.2, 0) is 4.79 Å². The van der Waals surface area contributed by atoms with E-state index in [9.17, 15) is 4.79 Å². The van der Waals surface area contributed by atoms with Gasteiger partial charge in [0.15, 0.2) is 0 Å². The number of thioether (sulfide) groups is 1. The zero-order valence-corrected chi connectivity index (χ0v) is 12.2. The standard InChI is InChI=1S/C16H15N3OS/c17-9-4-5-13-8-10-18-15(11-13)19-16(20)12-21-14-6-2-1-3-7-14/h1-3,6-8,10-11H,9,12,17H2,(H,18,19,20). The number of nitrogens with one attached hydrogen (secondary N) is 1. The number of carbonyl (C=O) groups excluding carboxylic acids is 1. The summed E-state index contributed by atoms with van der Waals surface area (Å²) in [6, 6.07) is 13.3. The van der Waals surface area contributed by atoms with Crippen molar-refractivity contribution in [2.75, 3.05) is 17.6 Å². The lowest BCUT2D eigenvalue weighted by Crippen LogP contribution is -2.15. The predicted octanol–water partition coefficient (Wildman–Crippen LogP) is 2.12. The first-order valence-electron chi connectivity index (χ1n) is 6.40. The topological polar surface area (TPSA) is 68.0 Å². The Kier molecular flexibility index (Phi) is 5.83. The molecule has 1 aromatic carbocycles. The van der Waals surface area contributed by atoms with Gasteiger partial charge in [0.25, 0.3) is 0 Å². The molecule has 106 valence electrons. The molecule has 0 unspecified atom stereocenters. The van der Waals surface area contributed by atoms with Crippen LogP contribution in [0.1, 0.15) is 5.56 Å². The van der Waals surface area contributed by atoms with Crippen LogP contribution < -0.4 is 11.1 Å². The SMILES string of the molecule is NCC#Cc1ccnc(NC(=O)CSc2ccccc2)c1. The van der Waals surface area contributed by atoms with Gasteiger partial charge in [0, 0.05) is 16.7 Å². The molecule has 0 aliphatic heterocycles. The van der Waals surface area contributed by atoms with Crippen LogP contribution in [0.5, 0.6) is 0 Å². The summed E-state index contributed by atoms with van der Waals surface area (Å²) >= 11 is 1.48. The molecule has 1 heterocycles. The van der Waals surface area contributed by atoms with Crippen molar-refractivity contribution in [1.82, 2.24) is 4.98 Å². The van der Waals surface area contributed by atoms with E-state index in [0.29, 0.717) is 18.1 Å². The fraction of sp³-hybridized carbons (Fsp3) is 0.125. The number of amides is 1. The summed E-state index contributed by atoms with van der Waals surface area (Å²) in [5.74, 6) is 6.41. The van der Waals surface area contributed by atoms with Crippen LogP contribution in [0.2, 0.25) is 0 Å². The molecule has 5 heteroatoms. The van der Waals surface area contributed by atoms with Crippen LogP contribution >= 0.6 is 11.8 Å². The first-order valence-corrected chi connectivity index (χ1v) is 7.39. The Bertz CT molecular complexity index is 662. The Hall–Kier alpha value is -2.29. The zero-order valence-electron chi connectivity index (χ0n) is 11.4. The molecule has 0 spiro atoms. The Morgan fingerprint density at radius 1 is 1.29 bits per heavy atom. The molecule has 2 aromatic rings. The Balaban J connectivity index is 1.90. The summed E-state index contributed by atoms with van der Waals surface area (Å²) in [4.78, 5) is 17.0. The minimum atomic E-state index is -0.0970. The lowest BCUT2D eigenvalue weighted by Gasteiger charge is -2.04. The molecule has 0 aliphatic rings. The molecule has 3 N–H and O–H groups in total. The zero-order chi connectivity index (χ0) is 14.9. The monoisotopic (exact) mass is 297 g/mol. The van der Waals surface area contributed by atoms with E-state index in [0.717, 1.165) is 10.5 Å². The van der Waals surface area contributed by atoms with Crippen LogP contribution in [0.25, 0.3) is 0 Å². The normalized spacial score (nSPS) is 9.57. The van der Waals surface area contributed by atoms with Crippen molar-refractivity contribution < 1.29 is 4.79 Å². The van der Waals surface area contributed by atoms with Gasteiger partial charge in [-0.25, -0.2) is 4.98 Å². The number of nitrogens with two attached hydrogens (primary N) is 1. The molecule has 0 aliphatic carbocycles. The maximum Gasteiger partial charge on any atom is 0.235 e. The van der Waals surface area contributed by atoms with E-state index in [1.54, 1.807) is 18.3 Å². The third kappa shape index (κ3) is 5.30. The number of carbonyl (C=O) groups is 1. The molecule has 2 rings (SSSR count). The molecule has 1 aromatic heterocycles. The van der Waals surface area contributed by atoms with E-state index in [1.807, 2.05) is 30.3 Å². The number of hydrogen-bond donors (Lipinski definition) is 2. The van der Waals surface area contributed by atoms with Gasteiger partial charge in [-0.05, 0) is 24.3 Å². The molecular weight excluding hydrogens is 282 g/mol. The second-order valence-corrected chi connectivity index (χ2v) is 5.13. The Morgan fingerprint density at radius 3 is 2.86 bits per heavy atom. The van der Waals surface area contributed by atoms with Gasteiger partial charge in [-0.2, -0.15) is 0 Å². The highest BCUT2D eigenvalue weighted by molar-refractivity contribution is 8.00. The number of aromatic nitrogens is 1. The van der Waals surface area contributed by atoms with Crippen LogP contribution in [0, 0.1) is 11.8 Å². The smallest absolute Gasteiger partial charge is 0.235 e. The predicted molar refractivity (Wildman–Crippen MR) is 86.0 cm³/mol.